The molecule has 25 heavy (non-hydrogen) atoms. The third kappa shape index (κ3) is 4.16. The van der Waals surface area contributed by atoms with Crippen molar-refractivity contribution >= 4 is 17.5 Å². The van der Waals surface area contributed by atoms with Gasteiger partial charge in [0.1, 0.15) is 0 Å². The van der Waals surface area contributed by atoms with Crippen molar-refractivity contribution in [2.75, 3.05) is 13.1 Å². The highest BCUT2D eigenvalue weighted by atomic mass is 16.6. The number of nitro benzene ring substituents is 1. The molecule has 0 spiro atoms. The Morgan fingerprint density at radius 1 is 1.24 bits per heavy atom. The summed E-state index contributed by atoms with van der Waals surface area (Å²) in [5.74, 6) is -0.244. The lowest BCUT2D eigenvalue weighted by Gasteiger charge is -2.05. The smallest absolute Gasteiger partial charge is 0.315 e. The summed E-state index contributed by atoms with van der Waals surface area (Å²) in [5, 5.41) is 19.6. The van der Waals surface area contributed by atoms with Crippen molar-refractivity contribution in [2.24, 2.45) is 0 Å². The lowest BCUT2D eigenvalue weighted by Crippen LogP contribution is -2.34. The Labute approximate surface area is 141 Å². The van der Waals surface area contributed by atoms with E-state index in [0.29, 0.717) is 11.7 Å². The molecule has 1 saturated carbocycles. The van der Waals surface area contributed by atoms with Crippen LogP contribution in [0.15, 0.2) is 28.8 Å². The van der Waals surface area contributed by atoms with Crippen molar-refractivity contribution in [3.63, 3.8) is 0 Å². The van der Waals surface area contributed by atoms with E-state index in [0.717, 1.165) is 12.8 Å². The Hall–Kier alpha value is -3.30. The van der Waals surface area contributed by atoms with Gasteiger partial charge in [-0.15, -0.1) is 0 Å². The standard InChI is InChI=1S/C15H15N5O5/c21-13(10-2-1-3-11(8-10)20(23)24)16-6-7-17-14(22)15-18-12(19-25-15)9-4-5-9/h1-3,8-9H,4-7H2,(H,16,21)(H,17,22). The fourth-order valence-corrected chi connectivity index (χ4v) is 2.12. The van der Waals surface area contributed by atoms with Gasteiger partial charge in [-0.2, -0.15) is 4.98 Å². The number of nitro groups is 1. The molecule has 10 nitrogen and oxygen atoms in total. The van der Waals surface area contributed by atoms with E-state index in [1.807, 2.05) is 0 Å². The van der Waals surface area contributed by atoms with Gasteiger partial charge in [0.25, 0.3) is 11.6 Å². The van der Waals surface area contributed by atoms with E-state index in [4.69, 9.17) is 4.52 Å². The second-order valence-electron chi connectivity index (χ2n) is 5.55. The number of nitrogens with zero attached hydrogens (tertiary/aromatic N) is 3. The zero-order chi connectivity index (χ0) is 17.8. The first-order valence-corrected chi connectivity index (χ1v) is 7.69. The number of carbonyl (C=O) groups is 2. The molecule has 2 amide bonds. The Bertz CT molecular complexity index is 814. The molecule has 0 atom stereocenters. The van der Waals surface area contributed by atoms with Crippen molar-refractivity contribution in [3.8, 4) is 0 Å². The molecule has 2 N–H and O–H groups in total. The molecule has 0 bridgehead atoms. The number of nitrogens with one attached hydrogen (secondary N) is 2. The third-order valence-corrected chi connectivity index (χ3v) is 3.59. The maximum atomic E-state index is 11.9. The number of rotatable bonds is 7. The molecule has 2 aromatic rings. The summed E-state index contributed by atoms with van der Waals surface area (Å²) in [6.45, 7) is 0.303. The van der Waals surface area contributed by atoms with Gasteiger partial charge in [-0.3, -0.25) is 19.7 Å². The second-order valence-corrected chi connectivity index (χ2v) is 5.55. The number of hydrogen-bond donors (Lipinski definition) is 2. The SMILES string of the molecule is O=C(NCCNC(=O)c1nc(C2CC2)no1)c1cccc([N+](=O)[O-])c1. The van der Waals surface area contributed by atoms with Gasteiger partial charge in [0, 0.05) is 36.7 Å². The summed E-state index contributed by atoms with van der Waals surface area (Å²) in [5.41, 5.74) is 0.00955. The number of benzene rings is 1. The minimum absolute atomic E-state index is 0.105. The Balaban J connectivity index is 1.44. The molecule has 0 radical (unpaired) electrons. The molecule has 0 aliphatic heterocycles. The Morgan fingerprint density at radius 2 is 1.96 bits per heavy atom. The first-order valence-electron chi connectivity index (χ1n) is 7.69. The van der Waals surface area contributed by atoms with Gasteiger partial charge in [0.2, 0.25) is 0 Å². The van der Waals surface area contributed by atoms with E-state index < -0.39 is 16.7 Å². The summed E-state index contributed by atoms with van der Waals surface area (Å²) in [7, 11) is 0. The molecule has 1 aliphatic rings. The fourth-order valence-electron chi connectivity index (χ4n) is 2.12. The van der Waals surface area contributed by atoms with Gasteiger partial charge in [-0.1, -0.05) is 11.2 Å². The van der Waals surface area contributed by atoms with Crippen LogP contribution in [0.3, 0.4) is 0 Å². The van der Waals surface area contributed by atoms with Crippen LogP contribution in [0, 0.1) is 10.1 Å². The summed E-state index contributed by atoms with van der Waals surface area (Å²) < 4.78 is 4.89. The zero-order valence-electron chi connectivity index (χ0n) is 13.1. The molecule has 1 aromatic carbocycles. The number of non-ortho nitro benzene ring substituents is 1. The van der Waals surface area contributed by atoms with Crippen molar-refractivity contribution < 1.29 is 19.0 Å². The number of hydrogen-bond acceptors (Lipinski definition) is 7. The topological polar surface area (TPSA) is 140 Å². The second kappa shape index (κ2) is 7.07. The molecule has 1 aliphatic carbocycles. The van der Waals surface area contributed by atoms with E-state index in [9.17, 15) is 19.7 Å². The van der Waals surface area contributed by atoms with Crippen LogP contribution < -0.4 is 10.6 Å². The first kappa shape index (κ1) is 16.6. The van der Waals surface area contributed by atoms with Gasteiger partial charge < -0.3 is 15.2 Å². The van der Waals surface area contributed by atoms with Crippen molar-refractivity contribution in [3.05, 3.63) is 51.7 Å². The summed E-state index contributed by atoms with van der Waals surface area (Å²) in [6.07, 6.45) is 2.01. The summed E-state index contributed by atoms with van der Waals surface area (Å²) >= 11 is 0. The maximum absolute atomic E-state index is 11.9. The molecular weight excluding hydrogens is 330 g/mol. The van der Waals surface area contributed by atoms with Crippen molar-refractivity contribution in [1.29, 1.82) is 0 Å². The molecule has 1 heterocycles. The molecule has 0 unspecified atom stereocenters. The number of carbonyl (C=O) groups excluding carboxylic acids is 2. The van der Waals surface area contributed by atoms with E-state index >= 15 is 0 Å². The van der Waals surface area contributed by atoms with Crippen LogP contribution in [0.2, 0.25) is 0 Å². The molecule has 0 saturated heterocycles. The van der Waals surface area contributed by atoms with E-state index in [1.54, 1.807) is 0 Å². The predicted molar refractivity (Wildman–Crippen MR) is 84.0 cm³/mol. The monoisotopic (exact) mass is 345 g/mol. The molecule has 1 fully saturated rings. The number of aromatic nitrogens is 2. The minimum atomic E-state index is -0.572. The van der Waals surface area contributed by atoms with Gasteiger partial charge in [-0.05, 0) is 18.9 Å². The van der Waals surface area contributed by atoms with E-state index in [2.05, 4.69) is 20.8 Å². The van der Waals surface area contributed by atoms with Crippen LogP contribution in [0.5, 0.6) is 0 Å². The van der Waals surface area contributed by atoms with E-state index in [1.165, 1.54) is 24.3 Å². The summed E-state index contributed by atoms with van der Waals surface area (Å²) in [6, 6.07) is 5.39. The van der Waals surface area contributed by atoms with Crippen molar-refractivity contribution in [1.82, 2.24) is 20.8 Å². The average Bonchev–Trinajstić information content (AvgIpc) is 3.35. The highest BCUT2D eigenvalue weighted by Gasteiger charge is 2.29. The van der Waals surface area contributed by atoms with Crippen molar-refractivity contribution in [2.45, 2.75) is 18.8 Å². The van der Waals surface area contributed by atoms with Gasteiger partial charge >= 0.3 is 11.8 Å². The minimum Gasteiger partial charge on any atom is -0.350 e. The molecular formula is C15H15N5O5. The largest absolute Gasteiger partial charge is 0.350 e. The van der Waals surface area contributed by atoms with Crippen LogP contribution in [-0.2, 0) is 0 Å². The van der Waals surface area contributed by atoms with Gasteiger partial charge in [0.05, 0.1) is 4.92 Å². The zero-order valence-corrected chi connectivity index (χ0v) is 13.1. The Kier molecular flexibility index (Phi) is 4.68. The third-order valence-electron chi connectivity index (χ3n) is 3.59. The molecule has 10 heteroatoms. The lowest BCUT2D eigenvalue weighted by molar-refractivity contribution is -0.384. The first-order chi connectivity index (χ1) is 12.0. The van der Waals surface area contributed by atoms with Crippen LogP contribution in [-0.4, -0.2) is 40.0 Å². The van der Waals surface area contributed by atoms with Crippen LogP contribution in [0.1, 0.15) is 45.6 Å². The molecule has 130 valence electrons. The average molecular weight is 345 g/mol. The quantitative estimate of drug-likeness (QED) is 0.433. The van der Waals surface area contributed by atoms with E-state index in [-0.39, 0.29) is 30.2 Å². The number of amides is 2. The van der Waals surface area contributed by atoms with Crippen LogP contribution in [0.25, 0.3) is 0 Å². The normalized spacial score (nSPS) is 13.3. The van der Waals surface area contributed by atoms with Gasteiger partial charge in [0.15, 0.2) is 5.82 Å². The highest BCUT2D eigenvalue weighted by molar-refractivity contribution is 5.94. The summed E-state index contributed by atoms with van der Waals surface area (Å²) in [4.78, 5) is 37.9. The fraction of sp³-hybridized carbons (Fsp3) is 0.333. The lowest BCUT2D eigenvalue weighted by atomic mass is 10.2. The molecule has 3 rings (SSSR count). The highest BCUT2D eigenvalue weighted by Crippen LogP contribution is 2.37. The molecule has 1 aromatic heterocycles. The maximum Gasteiger partial charge on any atom is 0.315 e. The van der Waals surface area contributed by atoms with Crippen LogP contribution >= 0.6 is 0 Å². The predicted octanol–water partition coefficient (Wildman–Crippen LogP) is 1.01. The Morgan fingerprint density at radius 3 is 2.64 bits per heavy atom. The van der Waals surface area contributed by atoms with Crippen LogP contribution in [0.4, 0.5) is 5.69 Å². The van der Waals surface area contributed by atoms with Gasteiger partial charge in [-0.25, -0.2) is 0 Å².